The van der Waals surface area contributed by atoms with E-state index in [-0.39, 0.29) is 5.54 Å². The van der Waals surface area contributed by atoms with Crippen LogP contribution in [0.2, 0.25) is 0 Å². The molecule has 0 aliphatic heterocycles. The van der Waals surface area contributed by atoms with E-state index in [0.29, 0.717) is 5.88 Å². The smallest absolute Gasteiger partial charge is 0.219 e. The first-order chi connectivity index (χ1) is 7.13. The van der Waals surface area contributed by atoms with E-state index >= 15 is 0 Å². The van der Waals surface area contributed by atoms with Gasteiger partial charge in [-0.1, -0.05) is 0 Å². The van der Waals surface area contributed by atoms with Gasteiger partial charge in [-0.15, -0.1) is 0 Å². The van der Waals surface area contributed by atoms with Crippen LogP contribution in [-0.2, 0) is 6.42 Å². The number of rotatable bonds is 4. The standard InChI is InChI=1S/C11H17N3O/c1-8-13-7-9(10(14-8)15-2)3-4-11(12)5-6-11/h7H,3-6,12H2,1-2H3. The number of hydrogen-bond acceptors (Lipinski definition) is 4. The fourth-order valence-electron chi connectivity index (χ4n) is 1.62. The zero-order chi connectivity index (χ0) is 10.9. The van der Waals surface area contributed by atoms with Gasteiger partial charge in [0.2, 0.25) is 5.88 Å². The Morgan fingerprint density at radius 3 is 2.87 bits per heavy atom. The number of ether oxygens (including phenoxy) is 1. The minimum absolute atomic E-state index is 0.0793. The highest BCUT2D eigenvalue weighted by molar-refractivity contribution is 5.24. The highest BCUT2D eigenvalue weighted by atomic mass is 16.5. The predicted octanol–water partition coefficient (Wildman–Crippen LogP) is 1.22. The molecule has 0 saturated heterocycles. The van der Waals surface area contributed by atoms with E-state index in [9.17, 15) is 0 Å². The van der Waals surface area contributed by atoms with Crippen molar-refractivity contribution >= 4 is 0 Å². The van der Waals surface area contributed by atoms with Crippen LogP contribution in [0.1, 0.15) is 30.7 Å². The van der Waals surface area contributed by atoms with E-state index in [1.807, 2.05) is 13.1 Å². The molecule has 82 valence electrons. The molecule has 15 heavy (non-hydrogen) atoms. The van der Waals surface area contributed by atoms with E-state index in [1.54, 1.807) is 7.11 Å². The fraction of sp³-hybridized carbons (Fsp3) is 0.636. The summed E-state index contributed by atoms with van der Waals surface area (Å²) in [5.41, 5.74) is 7.17. The Morgan fingerprint density at radius 2 is 2.27 bits per heavy atom. The molecule has 4 nitrogen and oxygen atoms in total. The maximum absolute atomic E-state index is 6.03. The van der Waals surface area contributed by atoms with Gasteiger partial charge in [-0.05, 0) is 32.6 Å². The lowest BCUT2D eigenvalue weighted by atomic mass is 10.1. The van der Waals surface area contributed by atoms with Crippen molar-refractivity contribution in [2.75, 3.05) is 7.11 Å². The molecule has 0 atom stereocenters. The van der Waals surface area contributed by atoms with Crippen molar-refractivity contribution in [2.24, 2.45) is 5.73 Å². The second kappa shape index (κ2) is 3.77. The van der Waals surface area contributed by atoms with Crippen LogP contribution < -0.4 is 10.5 Å². The molecular weight excluding hydrogens is 190 g/mol. The zero-order valence-electron chi connectivity index (χ0n) is 9.29. The third kappa shape index (κ3) is 2.45. The third-order valence-corrected chi connectivity index (χ3v) is 2.92. The Balaban J connectivity index is 2.06. The molecule has 0 spiro atoms. The minimum atomic E-state index is 0.0793. The lowest BCUT2D eigenvalue weighted by Crippen LogP contribution is -2.22. The van der Waals surface area contributed by atoms with Gasteiger partial charge in [0, 0.05) is 17.3 Å². The Labute approximate surface area is 89.9 Å². The van der Waals surface area contributed by atoms with Crippen LogP contribution in [0.5, 0.6) is 5.88 Å². The summed E-state index contributed by atoms with van der Waals surface area (Å²) in [6, 6.07) is 0. The van der Waals surface area contributed by atoms with Crippen molar-refractivity contribution in [3.05, 3.63) is 17.6 Å². The van der Waals surface area contributed by atoms with Crippen molar-refractivity contribution in [3.8, 4) is 5.88 Å². The molecule has 2 rings (SSSR count). The first kappa shape index (κ1) is 10.4. The maximum Gasteiger partial charge on any atom is 0.219 e. The zero-order valence-corrected chi connectivity index (χ0v) is 9.29. The summed E-state index contributed by atoms with van der Waals surface area (Å²) in [5, 5.41) is 0. The van der Waals surface area contributed by atoms with Crippen molar-refractivity contribution in [2.45, 2.75) is 38.1 Å². The lowest BCUT2D eigenvalue weighted by Gasteiger charge is -2.10. The molecule has 1 saturated carbocycles. The normalized spacial score (nSPS) is 17.5. The highest BCUT2D eigenvalue weighted by Crippen LogP contribution is 2.37. The molecule has 1 aromatic heterocycles. The Hall–Kier alpha value is -1.16. The molecule has 0 aromatic carbocycles. The molecule has 0 bridgehead atoms. The van der Waals surface area contributed by atoms with Gasteiger partial charge in [0.15, 0.2) is 0 Å². The van der Waals surface area contributed by atoms with Gasteiger partial charge in [0.05, 0.1) is 7.11 Å². The van der Waals surface area contributed by atoms with Gasteiger partial charge in [-0.25, -0.2) is 4.98 Å². The summed E-state index contributed by atoms with van der Waals surface area (Å²) in [5.74, 6) is 1.43. The SMILES string of the molecule is COc1nc(C)ncc1CCC1(N)CC1. The van der Waals surface area contributed by atoms with E-state index in [2.05, 4.69) is 9.97 Å². The van der Waals surface area contributed by atoms with Crippen LogP contribution in [0.3, 0.4) is 0 Å². The van der Waals surface area contributed by atoms with Crippen LogP contribution in [0.4, 0.5) is 0 Å². The van der Waals surface area contributed by atoms with Crippen LogP contribution in [0.15, 0.2) is 6.20 Å². The largest absolute Gasteiger partial charge is 0.481 e. The number of methoxy groups -OCH3 is 1. The predicted molar refractivity (Wildman–Crippen MR) is 57.8 cm³/mol. The molecule has 1 heterocycles. The summed E-state index contributed by atoms with van der Waals surface area (Å²) < 4.78 is 5.22. The van der Waals surface area contributed by atoms with Crippen molar-refractivity contribution in [3.63, 3.8) is 0 Å². The molecule has 1 fully saturated rings. The van der Waals surface area contributed by atoms with Gasteiger partial charge >= 0.3 is 0 Å². The molecular formula is C11H17N3O. The van der Waals surface area contributed by atoms with Crippen LogP contribution in [0, 0.1) is 6.92 Å². The average Bonchev–Trinajstić information content (AvgIpc) is 2.95. The van der Waals surface area contributed by atoms with E-state index < -0.39 is 0 Å². The lowest BCUT2D eigenvalue weighted by molar-refractivity contribution is 0.388. The number of aromatic nitrogens is 2. The highest BCUT2D eigenvalue weighted by Gasteiger charge is 2.37. The Morgan fingerprint density at radius 1 is 1.53 bits per heavy atom. The first-order valence-corrected chi connectivity index (χ1v) is 5.28. The number of nitrogens with zero attached hydrogens (tertiary/aromatic N) is 2. The van der Waals surface area contributed by atoms with E-state index in [0.717, 1.165) is 37.1 Å². The van der Waals surface area contributed by atoms with Gasteiger partial charge in [-0.3, -0.25) is 0 Å². The van der Waals surface area contributed by atoms with Gasteiger partial charge in [0.1, 0.15) is 5.82 Å². The molecule has 4 heteroatoms. The van der Waals surface area contributed by atoms with E-state index in [4.69, 9.17) is 10.5 Å². The number of hydrogen-bond donors (Lipinski definition) is 1. The van der Waals surface area contributed by atoms with Crippen molar-refractivity contribution < 1.29 is 4.74 Å². The summed E-state index contributed by atoms with van der Waals surface area (Å²) in [6.45, 7) is 1.86. The third-order valence-electron chi connectivity index (χ3n) is 2.92. The molecule has 0 radical (unpaired) electrons. The van der Waals surface area contributed by atoms with Crippen LogP contribution >= 0.6 is 0 Å². The Kier molecular flexibility index (Phi) is 2.61. The summed E-state index contributed by atoms with van der Waals surface area (Å²) in [6.07, 6.45) is 6.02. The van der Waals surface area contributed by atoms with E-state index in [1.165, 1.54) is 0 Å². The molecule has 1 aliphatic carbocycles. The Bertz CT molecular complexity index is 361. The fourth-order valence-corrected chi connectivity index (χ4v) is 1.62. The maximum atomic E-state index is 6.03. The average molecular weight is 207 g/mol. The number of nitrogens with two attached hydrogens (primary N) is 1. The first-order valence-electron chi connectivity index (χ1n) is 5.28. The molecule has 0 unspecified atom stereocenters. The summed E-state index contributed by atoms with van der Waals surface area (Å²) in [7, 11) is 1.64. The molecule has 2 N–H and O–H groups in total. The molecule has 1 aliphatic rings. The van der Waals surface area contributed by atoms with Crippen LogP contribution in [0.25, 0.3) is 0 Å². The van der Waals surface area contributed by atoms with Crippen molar-refractivity contribution in [1.82, 2.24) is 9.97 Å². The van der Waals surface area contributed by atoms with Crippen LogP contribution in [-0.4, -0.2) is 22.6 Å². The topological polar surface area (TPSA) is 61.0 Å². The summed E-state index contributed by atoms with van der Waals surface area (Å²) >= 11 is 0. The monoisotopic (exact) mass is 207 g/mol. The van der Waals surface area contributed by atoms with Gasteiger partial charge in [-0.2, -0.15) is 4.98 Å². The molecule has 1 aromatic rings. The summed E-state index contributed by atoms with van der Waals surface area (Å²) in [4.78, 5) is 8.42. The van der Waals surface area contributed by atoms with Gasteiger partial charge < -0.3 is 10.5 Å². The molecule has 0 amide bonds. The quantitative estimate of drug-likeness (QED) is 0.806. The second-order valence-electron chi connectivity index (χ2n) is 4.31. The number of aryl methyl sites for hydroxylation is 2. The van der Waals surface area contributed by atoms with Gasteiger partial charge in [0.25, 0.3) is 0 Å². The minimum Gasteiger partial charge on any atom is -0.481 e. The second-order valence-corrected chi connectivity index (χ2v) is 4.31. The van der Waals surface area contributed by atoms with Crippen molar-refractivity contribution in [1.29, 1.82) is 0 Å².